The van der Waals surface area contributed by atoms with Crippen LogP contribution in [-0.4, -0.2) is 19.7 Å². The molecule has 0 aliphatic carbocycles. The maximum absolute atomic E-state index is 11.7. The van der Waals surface area contributed by atoms with Crippen molar-refractivity contribution in [3.8, 4) is 12.3 Å². The van der Waals surface area contributed by atoms with E-state index in [1.807, 2.05) is 13.8 Å². The Morgan fingerprint density at radius 2 is 1.75 bits per heavy atom. The summed E-state index contributed by atoms with van der Waals surface area (Å²) < 4.78 is 6.55. The molecule has 0 amide bonds. The number of rotatable bonds is 12. The standard InChI is InChI=1S/C21H38O2Si/c1-9-21(8,23-24(10-2,11-3)12-4)17-13-14-19(7)15-16-20(22)18(5)6/h1,14,18H,10-13,15-17H2,2-8H3/b19-14-. The van der Waals surface area contributed by atoms with Gasteiger partial charge >= 0.3 is 0 Å². The van der Waals surface area contributed by atoms with Gasteiger partial charge in [-0.3, -0.25) is 4.79 Å². The highest BCUT2D eigenvalue weighted by Gasteiger charge is 2.36. The third-order valence-electron chi connectivity index (χ3n) is 5.20. The van der Waals surface area contributed by atoms with Gasteiger partial charge in [0.1, 0.15) is 11.4 Å². The molecule has 0 fully saturated rings. The second-order valence-corrected chi connectivity index (χ2v) is 12.1. The normalized spacial score (nSPS) is 15.2. The van der Waals surface area contributed by atoms with E-state index in [4.69, 9.17) is 10.8 Å². The summed E-state index contributed by atoms with van der Waals surface area (Å²) in [6.07, 6.45) is 11.3. The van der Waals surface area contributed by atoms with Crippen molar-refractivity contribution in [3.63, 3.8) is 0 Å². The van der Waals surface area contributed by atoms with Crippen LogP contribution in [0.25, 0.3) is 0 Å². The van der Waals surface area contributed by atoms with E-state index >= 15 is 0 Å². The zero-order chi connectivity index (χ0) is 18.8. The molecule has 2 nitrogen and oxygen atoms in total. The van der Waals surface area contributed by atoms with Crippen molar-refractivity contribution in [2.75, 3.05) is 0 Å². The Hall–Kier alpha value is -0.853. The molecular weight excluding hydrogens is 312 g/mol. The minimum atomic E-state index is -1.70. The second kappa shape index (κ2) is 10.9. The molecule has 0 radical (unpaired) electrons. The zero-order valence-corrected chi connectivity index (χ0v) is 18.0. The van der Waals surface area contributed by atoms with Crippen molar-refractivity contribution in [1.29, 1.82) is 0 Å². The van der Waals surface area contributed by atoms with Crippen LogP contribution in [0.3, 0.4) is 0 Å². The molecule has 0 aromatic heterocycles. The SMILES string of the molecule is C#CC(C)(CC/C=C(/C)CCC(=O)C(C)C)O[Si](CC)(CC)CC. The average molecular weight is 351 g/mol. The number of hydrogen-bond acceptors (Lipinski definition) is 2. The largest absolute Gasteiger partial charge is 0.401 e. The van der Waals surface area contributed by atoms with Crippen LogP contribution in [-0.2, 0) is 9.22 Å². The van der Waals surface area contributed by atoms with E-state index in [1.165, 1.54) is 5.57 Å². The number of hydrogen-bond donors (Lipinski definition) is 0. The van der Waals surface area contributed by atoms with Gasteiger partial charge < -0.3 is 4.43 Å². The van der Waals surface area contributed by atoms with Crippen molar-refractivity contribution >= 4 is 14.1 Å². The molecule has 0 saturated carbocycles. The molecular formula is C21H38O2Si. The summed E-state index contributed by atoms with van der Waals surface area (Å²) in [5.41, 5.74) is 0.798. The molecule has 1 unspecified atom stereocenters. The van der Waals surface area contributed by atoms with Crippen molar-refractivity contribution < 1.29 is 9.22 Å². The molecule has 0 saturated heterocycles. The van der Waals surface area contributed by atoms with E-state index in [9.17, 15) is 4.79 Å². The van der Waals surface area contributed by atoms with E-state index in [1.54, 1.807) is 0 Å². The smallest absolute Gasteiger partial charge is 0.194 e. The number of Topliss-reactive ketones (excluding diaryl/α,β-unsaturated/α-hetero) is 1. The van der Waals surface area contributed by atoms with Crippen LogP contribution in [0.5, 0.6) is 0 Å². The first-order valence-electron chi connectivity index (χ1n) is 9.53. The Labute approximate surface area is 151 Å². The lowest BCUT2D eigenvalue weighted by Crippen LogP contribution is -2.45. The van der Waals surface area contributed by atoms with Crippen LogP contribution < -0.4 is 0 Å². The van der Waals surface area contributed by atoms with Gasteiger partial charge in [0, 0.05) is 12.3 Å². The predicted octanol–water partition coefficient (Wildman–Crippen LogP) is 6.13. The van der Waals surface area contributed by atoms with Crippen molar-refractivity contribution in [3.05, 3.63) is 11.6 Å². The highest BCUT2D eigenvalue weighted by Crippen LogP contribution is 2.30. The van der Waals surface area contributed by atoms with E-state index < -0.39 is 13.9 Å². The highest BCUT2D eigenvalue weighted by atomic mass is 28.4. The maximum atomic E-state index is 11.7. The molecule has 0 aromatic rings. The fraction of sp³-hybridized carbons (Fsp3) is 0.762. The molecule has 0 aliphatic heterocycles. The van der Waals surface area contributed by atoms with Gasteiger partial charge in [-0.05, 0) is 51.2 Å². The molecule has 0 aromatic carbocycles. The van der Waals surface area contributed by atoms with Crippen LogP contribution >= 0.6 is 0 Å². The van der Waals surface area contributed by atoms with E-state index in [-0.39, 0.29) is 5.92 Å². The number of ketones is 1. The summed E-state index contributed by atoms with van der Waals surface area (Å²) in [6, 6.07) is 3.34. The quantitative estimate of drug-likeness (QED) is 0.240. The van der Waals surface area contributed by atoms with Crippen LogP contribution in [0.15, 0.2) is 11.6 Å². The maximum Gasteiger partial charge on any atom is 0.194 e. The van der Waals surface area contributed by atoms with Gasteiger partial charge in [0.15, 0.2) is 8.32 Å². The minimum absolute atomic E-state index is 0.131. The van der Waals surface area contributed by atoms with Crippen LogP contribution in [0.2, 0.25) is 18.1 Å². The summed E-state index contributed by atoms with van der Waals surface area (Å²) in [7, 11) is -1.70. The Bertz CT molecular complexity index is 447. The fourth-order valence-corrected chi connectivity index (χ4v) is 5.95. The van der Waals surface area contributed by atoms with Crippen molar-refractivity contribution in [2.24, 2.45) is 5.92 Å². The van der Waals surface area contributed by atoms with E-state index in [2.05, 4.69) is 46.6 Å². The molecule has 0 aliphatic rings. The van der Waals surface area contributed by atoms with Gasteiger partial charge in [-0.2, -0.15) is 0 Å². The molecule has 3 heteroatoms. The van der Waals surface area contributed by atoms with Crippen molar-refractivity contribution in [1.82, 2.24) is 0 Å². The van der Waals surface area contributed by atoms with Gasteiger partial charge in [-0.15, -0.1) is 6.42 Å². The predicted molar refractivity (Wildman–Crippen MR) is 108 cm³/mol. The Balaban J connectivity index is 4.65. The van der Waals surface area contributed by atoms with Gasteiger partial charge in [0.2, 0.25) is 0 Å². The lowest BCUT2D eigenvalue weighted by Gasteiger charge is -2.37. The van der Waals surface area contributed by atoms with Gasteiger partial charge in [-0.1, -0.05) is 52.2 Å². The van der Waals surface area contributed by atoms with Crippen LogP contribution in [0.1, 0.15) is 74.1 Å². The first kappa shape index (κ1) is 23.1. The summed E-state index contributed by atoms with van der Waals surface area (Å²) in [6.45, 7) is 14.8. The zero-order valence-electron chi connectivity index (χ0n) is 17.0. The third kappa shape index (κ3) is 7.81. The molecule has 0 N–H and O–H groups in total. The number of terminal acetylenes is 1. The molecule has 1 atom stereocenters. The van der Waals surface area contributed by atoms with Gasteiger partial charge in [-0.25, -0.2) is 0 Å². The fourth-order valence-electron chi connectivity index (χ4n) is 2.90. The Morgan fingerprint density at radius 3 is 2.17 bits per heavy atom. The summed E-state index contributed by atoms with van der Waals surface area (Å²) in [5.74, 6) is 3.37. The highest BCUT2D eigenvalue weighted by molar-refractivity contribution is 6.73. The first-order valence-corrected chi connectivity index (χ1v) is 12.1. The molecule has 0 rings (SSSR count). The number of allylic oxidation sites excluding steroid dienone is 2. The Morgan fingerprint density at radius 1 is 1.21 bits per heavy atom. The lowest BCUT2D eigenvalue weighted by atomic mass is 9.98. The minimum Gasteiger partial charge on any atom is -0.401 e. The molecule has 138 valence electrons. The second-order valence-electron chi connectivity index (χ2n) is 7.43. The molecule has 0 bridgehead atoms. The molecule has 24 heavy (non-hydrogen) atoms. The third-order valence-corrected chi connectivity index (χ3v) is 9.95. The molecule has 0 spiro atoms. The monoisotopic (exact) mass is 350 g/mol. The Kier molecular flexibility index (Phi) is 10.5. The average Bonchev–Trinajstić information content (AvgIpc) is 2.57. The van der Waals surface area contributed by atoms with Gasteiger partial charge in [0.25, 0.3) is 0 Å². The summed E-state index contributed by atoms with van der Waals surface area (Å²) in [5, 5.41) is 0. The van der Waals surface area contributed by atoms with Crippen LogP contribution in [0.4, 0.5) is 0 Å². The van der Waals surface area contributed by atoms with E-state index in [0.717, 1.165) is 37.4 Å². The number of carbonyl (C=O) groups excluding carboxylic acids is 1. The lowest BCUT2D eigenvalue weighted by molar-refractivity contribution is -0.121. The number of carbonyl (C=O) groups is 1. The first-order chi connectivity index (χ1) is 11.2. The summed E-state index contributed by atoms with van der Waals surface area (Å²) >= 11 is 0. The van der Waals surface area contributed by atoms with Gasteiger partial charge in [0.05, 0.1) is 0 Å². The van der Waals surface area contributed by atoms with E-state index in [0.29, 0.717) is 12.2 Å². The molecule has 0 heterocycles. The van der Waals surface area contributed by atoms with Crippen LogP contribution in [0, 0.1) is 18.3 Å². The summed E-state index contributed by atoms with van der Waals surface area (Å²) in [4.78, 5) is 11.7. The topological polar surface area (TPSA) is 26.3 Å². The van der Waals surface area contributed by atoms with Crippen molar-refractivity contribution in [2.45, 2.75) is 97.9 Å².